The topological polar surface area (TPSA) is 85.6 Å². The van der Waals surface area contributed by atoms with Crippen molar-refractivity contribution in [2.24, 2.45) is 0 Å². The number of amides is 1. The van der Waals surface area contributed by atoms with Gasteiger partial charge in [0.05, 0.1) is 19.9 Å². The van der Waals surface area contributed by atoms with Crippen LogP contribution in [0.4, 0.5) is 5.82 Å². The summed E-state index contributed by atoms with van der Waals surface area (Å²) in [5.74, 6) is 1.52. The SMILES string of the molecule is COc1ccc(-n2cnc3c2NC(=O)CC3c2ccc(O)c(OC)c2)cc1. The third-order valence-corrected chi connectivity index (χ3v) is 4.73. The standard InChI is InChI=1S/C20H19N3O4/c1-26-14-6-4-13(5-7-14)23-11-21-19-15(10-18(25)22-20(19)23)12-3-8-16(24)17(9-12)27-2/h3-9,11,15,24H,10H2,1-2H3,(H,22,25). The second-order valence-corrected chi connectivity index (χ2v) is 6.28. The van der Waals surface area contributed by atoms with Crippen molar-refractivity contribution in [3.8, 4) is 22.9 Å². The van der Waals surface area contributed by atoms with Gasteiger partial charge in [-0.05, 0) is 42.0 Å². The van der Waals surface area contributed by atoms with Crippen LogP contribution < -0.4 is 14.8 Å². The lowest BCUT2D eigenvalue weighted by molar-refractivity contribution is -0.116. The quantitative estimate of drug-likeness (QED) is 0.742. The van der Waals surface area contributed by atoms with E-state index in [0.29, 0.717) is 11.6 Å². The van der Waals surface area contributed by atoms with Gasteiger partial charge in [0.1, 0.15) is 17.9 Å². The molecule has 4 rings (SSSR count). The summed E-state index contributed by atoms with van der Waals surface area (Å²) in [6.45, 7) is 0. The molecule has 0 fully saturated rings. The summed E-state index contributed by atoms with van der Waals surface area (Å²) >= 11 is 0. The smallest absolute Gasteiger partial charge is 0.226 e. The summed E-state index contributed by atoms with van der Waals surface area (Å²) in [4.78, 5) is 16.9. The number of carbonyl (C=O) groups is 1. The fourth-order valence-corrected chi connectivity index (χ4v) is 3.33. The van der Waals surface area contributed by atoms with Gasteiger partial charge in [0.2, 0.25) is 5.91 Å². The molecule has 1 unspecified atom stereocenters. The summed E-state index contributed by atoms with van der Waals surface area (Å²) in [6, 6.07) is 12.6. The van der Waals surface area contributed by atoms with Crippen LogP contribution in [0.3, 0.4) is 0 Å². The first kappa shape index (κ1) is 17.0. The number of benzene rings is 2. The maximum Gasteiger partial charge on any atom is 0.226 e. The van der Waals surface area contributed by atoms with E-state index in [1.807, 2.05) is 28.8 Å². The minimum atomic E-state index is -0.220. The first-order valence-electron chi connectivity index (χ1n) is 8.49. The number of carbonyl (C=O) groups excluding carboxylic acids is 1. The molecular weight excluding hydrogens is 346 g/mol. The highest BCUT2D eigenvalue weighted by molar-refractivity contribution is 5.94. The maximum absolute atomic E-state index is 12.4. The van der Waals surface area contributed by atoms with E-state index >= 15 is 0 Å². The molecule has 1 aliphatic heterocycles. The molecular formula is C20H19N3O4. The summed E-state index contributed by atoms with van der Waals surface area (Å²) < 4.78 is 12.2. The number of nitrogens with zero attached hydrogens (tertiary/aromatic N) is 2. The van der Waals surface area contributed by atoms with Gasteiger partial charge >= 0.3 is 0 Å². The average molecular weight is 365 g/mol. The number of aromatic nitrogens is 2. The molecule has 3 aromatic rings. The highest BCUT2D eigenvalue weighted by atomic mass is 16.5. The number of methoxy groups -OCH3 is 2. The Kier molecular flexibility index (Phi) is 4.19. The predicted molar refractivity (Wildman–Crippen MR) is 99.9 cm³/mol. The Hall–Kier alpha value is -3.48. The largest absolute Gasteiger partial charge is 0.504 e. The Morgan fingerprint density at radius 1 is 1.15 bits per heavy atom. The number of aromatic hydroxyl groups is 1. The second kappa shape index (κ2) is 6.68. The van der Waals surface area contributed by atoms with Crippen molar-refractivity contribution < 1.29 is 19.4 Å². The minimum absolute atomic E-state index is 0.0606. The van der Waals surface area contributed by atoms with Gasteiger partial charge in [0.25, 0.3) is 0 Å². The molecule has 1 aliphatic rings. The number of ether oxygens (including phenoxy) is 2. The van der Waals surface area contributed by atoms with Crippen LogP contribution in [0.1, 0.15) is 23.6 Å². The third kappa shape index (κ3) is 2.97. The van der Waals surface area contributed by atoms with Gasteiger partial charge in [-0.2, -0.15) is 0 Å². The number of hydrogen-bond acceptors (Lipinski definition) is 5. The van der Waals surface area contributed by atoms with Crippen LogP contribution in [0.15, 0.2) is 48.8 Å². The highest BCUT2D eigenvalue weighted by Gasteiger charge is 2.31. The molecule has 0 spiro atoms. The van der Waals surface area contributed by atoms with E-state index in [0.717, 1.165) is 22.7 Å². The summed E-state index contributed by atoms with van der Waals surface area (Å²) in [7, 11) is 3.11. The molecule has 1 atom stereocenters. The zero-order valence-electron chi connectivity index (χ0n) is 15.0. The Labute approximate surface area is 156 Å². The number of rotatable bonds is 4. The van der Waals surface area contributed by atoms with Gasteiger partial charge in [0, 0.05) is 18.0 Å². The van der Waals surface area contributed by atoms with Crippen molar-refractivity contribution in [3.05, 3.63) is 60.0 Å². The zero-order valence-corrected chi connectivity index (χ0v) is 15.0. The number of imidazole rings is 1. The fraction of sp³-hybridized carbons (Fsp3) is 0.200. The third-order valence-electron chi connectivity index (χ3n) is 4.73. The number of phenolic OH excluding ortho intramolecular Hbond substituents is 1. The van der Waals surface area contributed by atoms with E-state index in [4.69, 9.17) is 9.47 Å². The lowest BCUT2D eigenvalue weighted by Gasteiger charge is -2.23. The molecule has 0 saturated carbocycles. The van der Waals surface area contributed by atoms with Crippen LogP contribution in [-0.2, 0) is 4.79 Å². The molecule has 0 aliphatic carbocycles. The molecule has 7 nitrogen and oxygen atoms in total. The molecule has 1 amide bonds. The molecule has 138 valence electrons. The first-order chi connectivity index (χ1) is 13.1. The number of phenols is 1. The molecule has 0 bridgehead atoms. The lowest BCUT2D eigenvalue weighted by atomic mass is 9.89. The number of anilines is 1. The second-order valence-electron chi connectivity index (χ2n) is 6.28. The minimum Gasteiger partial charge on any atom is -0.504 e. The van der Waals surface area contributed by atoms with E-state index in [1.165, 1.54) is 7.11 Å². The van der Waals surface area contributed by atoms with Crippen LogP contribution in [-0.4, -0.2) is 34.8 Å². The van der Waals surface area contributed by atoms with Crippen LogP contribution in [0.25, 0.3) is 5.69 Å². The van der Waals surface area contributed by atoms with Crippen LogP contribution in [0, 0.1) is 0 Å². The molecule has 0 saturated heterocycles. The monoisotopic (exact) mass is 365 g/mol. The van der Waals surface area contributed by atoms with Gasteiger partial charge < -0.3 is 19.9 Å². The normalized spacial score (nSPS) is 15.8. The van der Waals surface area contributed by atoms with Gasteiger partial charge in [-0.25, -0.2) is 4.98 Å². The Morgan fingerprint density at radius 2 is 1.93 bits per heavy atom. The van der Waals surface area contributed by atoms with E-state index in [9.17, 15) is 9.90 Å². The first-order valence-corrected chi connectivity index (χ1v) is 8.49. The van der Waals surface area contributed by atoms with Crippen molar-refractivity contribution in [1.29, 1.82) is 0 Å². The summed E-state index contributed by atoms with van der Waals surface area (Å²) in [5, 5.41) is 12.8. The van der Waals surface area contributed by atoms with Crippen molar-refractivity contribution in [2.75, 3.05) is 19.5 Å². The Balaban J connectivity index is 1.77. The van der Waals surface area contributed by atoms with E-state index in [2.05, 4.69) is 10.3 Å². The van der Waals surface area contributed by atoms with Gasteiger partial charge in [-0.3, -0.25) is 9.36 Å². The summed E-state index contributed by atoms with van der Waals surface area (Å²) in [6.07, 6.45) is 1.98. The number of fused-ring (bicyclic) bond motifs is 1. The number of nitrogens with one attached hydrogen (secondary N) is 1. The summed E-state index contributed by atoms with van der Waals surface area (Å²) in [5.41, 5.74) is 2.51. The van der Waals surface area contributed by atoms with E-state index in [-0.39, 0.29) is 24.0 Å². The molecule has 2 heterocycles. The van der Waals surface area contributed by atoms with Crippen molar-refractivity contribution in [3.63, 3.8) is 0 Å². The number of hydrogen-bond donors (Lipinski definition) is 2. The molecule has 7 heteroatoms. The highest BCUT2D eigenvalue weighted by Crippen LogP contribution is 2.40. The maximum atomic E-state index is 12.4. The average Bonchev–Trinajstić information content (AvgIpc) is 3.11. The lowest BCUT2D eigenvalue weighted by Crippen LogP contribution is -2.24. The molecule has 2 aromatic carbocycles. The van der Waals surface area contributed by atoms with Crippen molar-refractivity contribution >= 4 is 11.7 Å². The fourth-order valence-electron chi connectivity index (χ4n) is 3.33. The zero-order chi connectivity index (χ0) is 19.0. The van der Waals surface area contributed by atoms with Crippen LogP contribution in [0.2, 0.25) is 0 Å². The van der Waals surface area contributed by atoms with Crippen LogP contribution >= 0.6 is 0 Å². The Morgan fingerprint density at radius 3 is 2.63 bits per heavy atom. The van der Waals surface area contributed by atoms with Crippen LogP contribution in [0.5, 0.6) is 17.2 Å². The molecule has 27 heavy (non-hydrogen) atoms. The van der Waals surface area contributed by atoms with E-state index in [1.54, 1.807) is 31.6 Å². The van der Waals surface area contributed by atoms with Gasteiger partial charge in [0.15, 0.2) is 11.5 Å². The molecule has 1 aromatic heterocycles. The van der Waals surface area contributed by atoms with Gasteiger partial charge in [-0.1, -0.05) is 6.07 Å². The Bertz CT molecular complexity index is 995. The molecule has 0 radical (unpaired) electrons. The van der Waals surface area contributed by atoms with Gasteiger partial charge in [-0.15, -0.1) is 0 Å². The molecule has 2 N–H and O–H groups in total. The predicted octanol–water partition coefficient (Wildman–Crippen LogP) is 3.07. The van der Waals surface area contributed by atoms with Crippen molar-refractivity contribution in [2.45, 2.75) is 12.3 Å². The van der Waals surface area contributed by atoms with Crippen molar-refractivity contribution in [1.82, 2.24) is 9.55 Å². The van der Waals surface area contributed by atoms with E-state index < -0.39 is 0 Å².